The summed E-state index contributed by atoms with van der Waals surface area (Å²) >= 11 is 0. The molecule has 2 aromatic carbocycles. The van der Waals surface area contributed by atoms with Crippen LogP contribution in [0.25, 0.3) is 0 Å². The second-order valence-corrected chi connectivity index (χ2v) is 4.52. The maximum atomic E-state index is 11.3. The molecule has 2 rings (SSSR count). The monoisotopic (exact) mass is 264 g/mol. The Labute approximate surface area is 119 Å². The average Bonchev–Trinajstić information content (AvgIpc) is 2.46. The van der Waals surface area contributed by atoms with Gasteiger partial charge in [-0.15, -0.1) is 0 Å². The van der Waals surface area contributed by atoms with Gasteiger partial charge >= 0.3 is 0 Å². The summed E-state index contributed by atoms with van der Waals surface area (Å²) in [5.41, 5.74) is 2.75. The van der Waals surface area contributed by atoms with Gasteiger partial charge in [-0.25, -0.2) is 0 Å². The van der Waals surface area contributed by atoms with Crippen molar-refractivity contribution in [1.29, 1.82) is 0 Å². The van der Waals surface area contributed by atoms with Crippen LogP contribution < -0.4 is 4.74 Å². The van der Waals surface area contributed by atoms with Gasteiger partial charge in [0.05, 0.1) is 7.11 Å². The minimum Gasteiger partial charge on any atom is -0.497 e. The van der Waals surface area contributed by atoms with Crippen molar-refractivity contribution in [2.24, 2.45) is 0 Å². The normalized spacial score (nSPS) is 9.50. The van der Waals surface area contributed by atoms with Crippen molar-refractivity contribution in [1.82, 2.24) is 0 Å². The molecule has 0 saturated carbocycles. The van der Waals surface area contributed by atoms with Gasteiger partial charge in [-0.1, -0.05) is 36.1 Å². The lowest BCUT2D eigenvalue weighted by atomic mass is 10.0. The molecular weight excluding hydrogens is 248 g/mol. The fourth-order valence-electron chi connectivity index (χ4n) is 1.90. The Bertz CT molecular complexity index is 675. The van der Waals surface area contributed by atoms with Gasteiger partial charge in [0, 0.05) is 17.5 Å². The average molecular weight is 264 g/mol. The molecule has 2 nitrogen and oxygen atoms in total. The maximum Gasteiger partial charge on any atom is 0.134 e. The minimum absolute atomic E-state index is 0.139. The Hall–Kier alpha value is -2.53. The van der Waals surface area contributed by atoms with Crippen molar-refractivity contribution >= 4 is 5.78 Å². The number of benzene rings is 2. The quantitative estimate of drug-likeness (QED) is 0.796. The van der Waals surface area contributed by atoms with Crippen molar-refractivity contribution in [2.75, 3.05) is 7.11 Å². The highest BCUT2D eigenvalue weighted by Gasteiger charge is 2.01. The second kappa shape index (κ2) is 6.58. The van der Waals surface area contributed by atoms with Crippen molar-refractivity contribution < 1.29 is 9.53 Å². The van der Waals surface area contributed by atoms with Crippen molar-refractivity contribution in [3.8, 4) is 17.6 Å². The van der Waals surface area contributed by atoms with Crippen LogP contribution in [-0.2, 0) is 11.2 Å². The van der Waals surface area contributed by atoms with Crippen LogP contribution in [0.1, 0.15) is 23.6 Å². The number of ketones is 1. The zero-order valence-electron chi connectivity index (χ0n) is 11.6. The Kier molecular flexibility index (Phi) is 4.57. The smallest absolute Gasteiger partial charge is 0.134 e. The lowest BCUT2D eigenvalue weighted by Gasteiger charge is -2.01. The van der Waals surface area contributed by atoms with Crippen molar-refractivity contribution in [2.45, 2.75) is 13.3 Å². The lowest BCUT2D eigenvalue weighted by Crippen LogP contribution is -1.98. The largest absolute Gasteiger partial charge is 0.497 e. The van der Waals surface area contributed by atoms with E-state index in [4.69, 9.17) is 4.74 Å². The molecular formula is C18H16O2. The number of hydrogen-bond acceptors (Lipinski definition) is 2. The molecule has 0 aliphatic carbocycles. The molecule has 0 saturated heterocycles. The topological polar surface area (TPSA) is 26.3 Å². The first-order valence-electron chi connectivity index (χ1n) is 6.42. The molecule has 0 amide bonds. The van der Waals surface area contributed by atoms with E-state index in [1.807, 2.05) is 48.5 Å². The third-order valence-electron chi connectivity index (χ3n) is 2.87. The number of Topliss-reactive ketones (excluding diaryl/α,β-unsaturated/α-hetero) is 1. The molecule has 0 unspecified atom stereocenters. The van der Waals surface area contributed by atoms with Crippen LogP contribution in [0.4, 0.5) is 0 Å². The van der Waals surface area contributed by atoms with E-state index in [9.17, 15) is 4.79 Å². The highest BCUT2D eigenvalue weighted by Crippen LogP contribution is 2.12. The standard InChI is InChI=1S/C18H16O2/c1-14(19)12-17-8-4-3-7-16(17)11-10-15-6-5-9-18(13-15)20-2/h3-9,13H,12H2,1-2H3. The SMILES string of the molecule is COc1cccc(C#Cc2ccccc2CC(C)=O)c1. The molecule has 0 N–H and O–H groups in total. The van der Waals surface area contributed by atoms with E-state index in [0.29, 0.717) is 6.42 Å². The summed E-state index contributed by atoms with van der Waals surface area (Å²) < 4.78 is 5.17. The first-order valence-corrected chi connectivity index (χ1v) is 6.42. The number of hydrogen-bond donors (Lipinski definition) is 0. The number of carbonyl (C=O) groups is 1. The summed E-state index contributed by atoms with van der Waals surface area (Å²) in [6.07, 6.45) is 0.420. The summed E-state index contributed by atoms with van der Waals surface area (Å²) in [5, 5.41) is 0. The molecule has 0 aliphatic rings. The van der Waals surface area contributed by atoms with Gasteiger partial charge in [-0.3, -0.25) is 4.79 Å². The van der Waals surface area contributed by atoms with E-state index in [0.717, 1.165) is 22.4 Å². The van der Waals surface area contributed by atoms with Gasteiger partial charge in [0.25, 0.3) is 0 Å². The summed E-state index contributed by atoms with van der Waals surface area (Å²) in [7, 11) is 1.63. The predicted octanol–water partition coefficient (Wildman–Crippen LogP) is 3.23. The van der Waals surface area contributed by atoms with Gasteiger partial charge in [0.2, 0.25) is 0 Å². The van der Waals surface area contributed by atoms with Gasteiger partial charge < -0.3 is 4.74 Å². The second-order valence-electron chi connectivity index (χ2n) is 4.52. The molecule has 0 aromatic heterocycles. The van der Waals surface area contributed by atoms with Crippen molar-refractivity contribution in [3.63, 3.8) is 0 Å². The number of rotatable bonds is 3. The summed E-state index contributed by atoms with van der Waals surface area (Å²) in [6.45, 7) is 1.59. The third kappa shape index (κ3) is 3.73. The minimum atomic E-state index is 0.139. The van der Waals surface area contributed by atoms with E-state index in [2.05, 4.69) is 11.8 Å². The zero-order valence-corrected chi connectivity index (χ0v) is 11.6. The Morgan fingerprint density at radius 2 is 1.90 bits per heavy atom. The van der Waals surface area contributed by atoms with Gasteiger partial charge in [-0.2, -0.15) is 0 Å². The van der Waals surface area contributed by atoms with Crippen LogP contribution in [0.3, 0.4) is 0 Å². The van der Waals surface area contributed by atoms with E-state index >= 15 is 0 Å². The fraction of sp³-hybridized carbons (Fsp3) is 0.167. The van der Waals surface area contributed by atoms with Gasteiger partial charge in [0.1, 0.15) is 11.5 Å². The van der Waals surface area contributed by atoms with Crippen LogP contribution in [0.15, 0.2) is 48.5 Å². The van der Waals surface area contributed by atoms with Crippen LogP contribution in [0.2, 0.25) is 0 Å². The van der Waals surface area contributed by atoms with E-state index in [1.54, 1.807) is 14.0 Å². The molecule has 0 spiro atoms. The summed E-state index contributed by atoms with van der Waals surface area (Å²) in [6, 6.07) is 15.3. The summed E-state index contributed by atoms with van der Waals surface area (Å²) in [5.74, 6) is 7.16. The van der Waals surface area contributed by atoms with Crippen LogP contribution in [0, 0.1) is 11.8 Å². The molecule has 0 bridgehead atoms. The molecule has 20 heavy (non-hydrogen) atoms. The van der Waals surface area contributed by atoms with Crippen LogP contribution in [0.5, 0.6) is 5.75 Å². The van der Waals surface area contributed by atoms with E-state index < -0.39 is 0 Å². The fourth-order valence-corrected chi connectivity index (χ4v) is 1.90. The Morgan fingerprint density at radius 1 is 1.10 bits per heavy atom. The van der Waals surface area contributed by atoms with E-state index in [-0.39, 0.29) is 5.78 Å². The maximum absolute atomic E-state index is 11.3. The molecule has 0 aliphatic heterocycles. The number of methoxy groups -OCH3 is 1. The lowest BCUT2D eigenvalue weighted by molar-refractivity contribution is -0.116. The molecule has 2 aromatic rings. The Morgan fingerprint density at radius 3 is 2.65 bits per heavy atom. The first kappa shape index (κ1) is 13.9. The van der Waals surface area contributed by atoms with Crippen LogP contribution >= 0.6 is 0 Å². The molecule has 0 atom stereocenters. The first-order chi connectivity index (χ1) is 9.69. The number of ether oxygens (including phenoxy) is 1. The highest BCUT2D eigenvalue weighted by molar-refractivity contribution is 5.79. The van der Waals surface area contributed by atoms with E-state index in [1.165, 1.54) is 0 Å². The Balaban J connectivity index is 2.30. The predicted molar refractivity (Wildman–Crippen MR) is 79.8 cm³/mol. The number of carbonyl (C=O) groups excluding carboxylic acids is 1. The van der Waals surface area contributed by atoms with Gasteiger partial charge in [-0.05, 0) is 36.8 Å². The third-order valence-corrected chi connectivity index (χ3v) is 2.87. The molecule has 100 valence electrons. The van der Waals surface area contributed by atoms with Crippen molar-refractivity contribution in [3.05, 3.63) is 65.2 Å². The summed E-state index contributed by atoms with van der Waals surface area (Å²) in [4.78, 5) is 11.3. The molecule has 2 heteroatoms. The zero-order chi connectivity index (χ0) is 14.4. The molecule has 0 radical (unpaired) electrons. The van der Waals surface area contributed by atoms with Crippen LogP contribution in [-0.4, -0.2) is 12.9 Å². The molecule has 0 heterocycles. The highest BCUT2D eigenvalue weighted by atomic mass is 16.5. The van der Waals surface area contributed by atoms with Gasteiger partial charge in [0.15, 0.2) is 0 Å². The molecule has 0 fully saturated rings.